The monoisotopic (exact) mass is 249 g/mol. The van der Waals surface area contributed by atoms with Crippen LogP contribution in [0.25, 0.3) is 0 Å². The number of nitrogens with zero attached hydrogens (tertiary/aromatic N) is 4. The van der Waals surface area contributed by atoms with Crippen molar-refractivity contribution in [3.63, 3.8) is 0 Å². The lowest BCUT2D eigenvalue weighted by Gasteiger charge is -2.01. The molecule has 7 nitrogen and oxygen atoms in total. The second-order valence-electron chi connectivity index (χ2n) is 4.19. The van der Waals surface area contributed by atoms with Gasteiger partial charge in [0.1, 0.15) is 0 Å². The van der Waals surface area contributed by atoms with Crippen molar-refractivity contribution in [2.75, 3.05) is 6.54 Å². The minimum Gasteiger partial charge on any atom is -0.351 e. The van der Waals surface area contributed by atoms with Gasteiger partial charge in [-0.3, -0.25) is 9.48 Å². The van der Waals surface area contributed by atoms with Gasteiger partial charge in [0, 0.05) is 18.8 Å². The second kappa shape index (κ2) is 5.44. The van der Waals surface area contributed by atoms with E-state index in [1.54, 1.807) is 23.1 Å². The Hall–Kier alpha value is -2.18. The summed E-state index contributed by atoms with van der Waals surface area (Å²) >= 11 is 0. The predicted molar refractivity (Wildman–Crippen MR) is 62.9 cm³/mol. The standard InChI is InChI=1S/C11H15N5O2/c1-8(2)9-7-10(18-14-9)11(17)12-3-5-16-6-4-13-15-16/h4,6-8H,3,5H2,1-2H3,(H,12,17). The third-order valence-electron chi connectivity index (χ3n) is 2.44. The van der Waals surface area contributed by atoms with Gasteiger partial charge in [0.15, 0.2) is 0 Å². The Morgan fingerprint density at radius 3 is 3.00 bits per heavy atom. The Balaban J connectivity index is 1.83. The van der Waals surface area contributed by atoms with E-state index in [2.05, 4.69) is 20.8 Å². The molecule has 0 saturated heterocycles. The molecule has 0 bridgehead atoms. The molecular formula is C11H15N5O2. The molecule has 1 N–H and O–H groups in total. The van der Waals surface area contributed by atoms with E-state index in [1.807, 2.05) is 13.8 Å². The van der Waals surface area contributed by atoms with Crippen molar-refractivity contribution in [2.24, 2.45) is 0 Å². The summed E-state index contributed by atoms with van der Waals surface area (Å²) in [5.41, 5.74) is 0.774. The van der Waals surface area contributed by atoms with Crippen LogP contribution in [0.3, 0.4) is 0 Å². The third-order valence-corrected chi connectivity index (χ3v) is 2.44. The molecule has 96 valence electrons. The zero-order valence-corrected chi connectivity index (χ0v) is 10.3. The minimum atomic E-state index is -0.269. The van der Waals surface area contributed by atoms with Gasteiger partial charge in [-0.25, -0.2) is 0 Å². The molecule has 2 heterocycles. The van der Waals surface area contributed by atoms with Gasteiger partial charge in [0.05, 0.1) is 18.4 Å². The van der Waals surface area contributed by atoms with Crippen LogP contribution in [-0.2, 0) is 6.54 Å². The molecule has 7 heteroatoms. The summed E-state index contributed by atoms with van der Waals surface area (Å²) in [7, 11) is 0. The molecule has 18 heavy (non-hydrogen) atoms. The van der Waals surface area contributed by atoms with E-state index in [-0.39, 0.29) is 17.6 Å². The molecule has 1 amide bonds. The Morgan fingerprint density at radius 1 is 1.56 bits per heavy atom. The number of carbonyl (C=O) groups is 1. The molecular weight excluding hydrogens is 234 g/mol. The minimum absolute atomic E-state index is 0.234. The highest BCUT2D eigenvalue weighted by atomic mass is 16.5. The summed E-state index contributed by atoms with van der Waals surface area (Å²) in [6.07, 6.45) is 3.32. The Morgan fingerprint density at radius 2 is 2.39 bits per heavy atom. The fourth-order valence-corrected chi connectivity index (χ4v) is 1.39. The van der Waals surface area contributed by atoms with Gasteiger partial charge in [0.25, 0.3) is 5.91 Å². The molecule has 2 rings (SSSR count). The van der Waals surface area contributed by atoms with Gasteiger partial charge in [-0.1, -0.05) is 24.2 Å². The molecule has 2 aromatic rings. The Bertz CT molecular complexity index is 503. The van der Waals surface area contributed by atoms with Crippen molar-refractivity contribution >= 4 is 5.91 Å². The van der Waals surface area contributed by atoms with Crippen molar-refractivity contribution in [1.29, 1.82) is 0 Å². The van der Waals surface area contributed by atoms with Gasteiger partial charge in [-0.15, -0.1) is 5.10 Å². The smallest absolute Gasteiger partial charge is 0.289 e. The van der Waals surface area contributed by atoms with Crippen molar-refractivity contribution in [3.05, 3.63) is 29.9 Å². The highest BCUT2D eigenvalue weighted by molar-refractivity contribution is 5.91. The number of hydrogen-bond acceptors (Lipinski definition) is 5. The van der Waals surface area contributed by atoms with Gasteiger partial charge >= 0.3 is 0 Å². The van der Waals surface area contributed by atoms with Crippen LogP contribution in [0.1, 0.15) is 36.0 Å². The number of nitrogens with one attached hydrogen (secondary N) is 1. The molecule has 0 aliphatic heterocycles. The first-order valence-electron chi connectivity index (χ1n) is 5.75. The highest BCUT2D eigenvalue weighted by Gasteiger charge is 2.13. The average Bonchev–Trinajstić information content (AvgIpc) is 2.99. The molecule has 0 saturated carbocycles. The lowest BCUT2D eigenvalue weighted by Crippen LogP contribution is -2.27. The molecule has 0 unspecified atom stereocenters. The van der Waals surface area contributed by atoms with Crippen molar-refractivity contribution in [2.45, 2.75) is 26.3 Å². The van der Waals surface area contributed by atoms with Crippen molar-refractivity contribution < 1.29 is 9.32 Å². The molecule has 0 aliphatic rings. The van der Waals surface area contributed by atoms with Gasteiger partial charge < -0.3 is 9.84 Å². The number of hydrogen-bond donors (Lipinski definition) is 1. The largest absolute Gasteiger partial charge is 0.351 e. The summed E-state index contributed by atoms with van der Waals surface area (Å²) in [5.74, 6) is 0.206. The van der Waals surface area contributed by atoms with Crippen molar-refractivity contribution in [1.82, 2.24) is 25.5 Å². The second-order valence-corrected chi connectivity index (χ2v) is 4.19. The van der Waals surface area contributed by atoms with Crippen LogP contribution < -0.4 is 5.32 Å². The van der Waals surface area contributed by atoms with Crippen LogP contribution in [0.2, 0.25) is 0 Å². The summed E-state index contributed by atoms with van der Waals surface area (Å²) in [6, 6.07) is 1.66. The molecule has 0 fully saturated rings. The van der Waals surface area contributed by atoms with E-state index in [1.165, 1.54) is 0 Å². The van der Waals surface area contributed by atoms with E-state index in [4.69, 9.17) is 4.52 Å². The molecule has 0 aliphatic carbocycles. The van der Waals surface area contributed by atoms with Gasteiger partial charge in [-0.2, -0.15) is 0 Å². The third kappa shape index (κ3) is 2.93. The zero-order chi connectivity index (χ0) is 13.0. The first-order valence-corrected chi connectivity index (χ1v) is 5.75. The van der Waals surface area contributed by atoms with Gasteiger partial charge in [-0.05, 0) is 5.92 Å². The van der Waals surface area contributed by atoms with Crippen LogP contribution in [0.5, 0.6) is 0 Å². The molecule has 0 aromatic carbocycles. The lowest BCUT2D eigenvalue weighted by atomic mass is 10.1. The Kier molecular flexibility index (Phi) is 3.71. The van der Waals surface area contributed by atoms with E-state index < -0.39 is 0 Å². The maximum absolute atomic E-state index is 11.7. The van der Waals surface area contributed by atoms with Crippen LogP contribution >= 0.6 is 0 Å². The maximum Gasteiger partial charge on any atom is 0.289 e. The fraction of sp³-hybridized carbons (Fsp3) is 0.455. The summed E-state index contributed by atoms with van der Waals surface area (Å²) < 4.78 is 6.62. The SMILES string of the molecule is CC(C)c1cc(C(=O)NCCn2ccnn2)on1. The summed E-state index contributed by atoms with van der Waals surface area (Å²) in [5, 5.41) is 14.0. The number of amides is 1. The van der Waals surface area contributed by atoms with Crippen LogP contribution in [0, 0.1) is 0 Å². The number of carbonyl (C=O) groups excluding carboxylic acids is 1. The number of aromatic nitrogens is 4. The van der Waals surface area contributed by atoms with E-state index >= 15 is 0 Å². The van der Waals surface area contributed by atoms with Crippen LogP contribution in [-0.4, -0.2) is 32.6 Å². The lowest BCUT2D eigenvalue weighted by molar-refractivity contribution is 0.0915. The van der Waals surface area contributed by atoms with E-state index in [0.29, 0.717) is 13.1 Å². The zero-order valence-electron chi connectivity index (χ0n) is 10.3. The molecule has 0 spiro atoms. The average molecular weight is 249 g/mol. The number of rotatable bonds is 5. The fourth-order valence-electron chi connectivity index (χ4n) is 1.39. The van der Waals surface area contributed by atoms with Crippen LogP contribution in [0.4, 0.5) is 0 Å². The molecule has 0 atom stereocenters. The maximum atomic E-state index is 11.7. The van der Waals surface area contributed by atoms with Crippen molar-refractivity contribution in [3.8, 4) is 0 Å². The molecule has 2 aromatic heterocycles. The quantitative estimate of drug-likeness (QED) is 0.847. The predicted octanol–water partition coefficient (Wildman–Crippen LogP) is 0.819. The van der Waals surface area contributed by atoms with Crippen LogP contribution in [0.15, 0.2) is 23.0 Å². The Labute approximate surface area is 104 Å². The highest BCUT2D eigenvalue weighted by Crippen LogP contribution is 2.13. The molecule has 0 radical (unpaired) electrons. The normalized spacial score (nSPS) is 10.8. The first kappa shape index (κ1) is 12.3. The summed E-state index contributed by atoms with van der Waals surface area (Å²) in [6.45, 7) is 5.01. The van der Waals surface area contributed by atoms with E-state index in [0.717, 1.165) is 5.69 Å². The van der Waals surface area contributed by atoms with Gasteiger partial charge in [0.2, 0.25) is 5.76 Å². The topological polar surface area (TPSA) is 85.8 Å². The first-order chi connectivity index (χ1) is 8.66. The van der Waals surface area contributed by atoms with E-state index in [9.17, 15) is 4.79 Å². The summed E-state index contributed by atoms with van der Waals surface area (Å²) in [4.78, 5) is 11.7.